The summed E-state index contributed by atoms with van der Waals surface area (Å²) in [7, 11) is 4.17. The van der Waals surface area contributed by atoms with Crippen LogP contribution in [0.1, 0.15) is 28.8 Å². The van der Waals surface area contributed by atoms with Gasteiger partial charge in [0.1, 0.15) is 0 Å². The molecule has 1 unspecified atom stereocenters. The Morgan fingerprint density at radius 1 is 1.45 bits per heavy atom. The molecule has 4 nitrogen and oxygen atoms in total. The molecule has 110 valence electrons. The Bertz CT molecular complexity index is 459. The summed E-state index contributed by atoms with van der Waals surface area (Å²) in [6.07, 6.45) is 3.07. The Morgan fingerprint density at radius 3 is 2.95 bits per heavy atom. The predicted molar refractivity (Wildman–Crippen MR) is 81.8 cm³/mol. The largest absolute Gasteiger partial charge is 0.337 e. The van der Waals surface area contributed by atoms with Crippen molar-refractivity contribution in [2.75, 3.05) is 33.7 Å². The highest BCUT2D eigenvalue weighted by Crippen LogP contribution is 2.17. The number of nitrogens with zero attached hydrogens (tertiary/aromatic N) is 2. The van der Waals surface area contributed by atoms with Gasteiger partial charge in [-0.1, -0.05) is 12.1 Å². The van der Waals surface area contributed by atoms with Gasteiger partial charge < -0.3 is 15.5 Å². The van der Waals surface area contributed by atoms with Crippen LogP contribution in [0.5, 0.6) is 0 Å². The van der Waals surface area contributed by atoms with E-state index in [9.17, 15) is 4.79 Å². The number of amides is 1. The fourth-order valence-corrected chi connectivity index (χ4v) is 2.77. The highest BCUT2D eigenvalue weighted by atomic mass is 16.2. The lowest BCUT2D eigenvalue weighted by Gasteiger charge is -2.36. The molecule has 1 aromatic carbocycles. The Kier molecular flexibility index (Phi) is 5.15. The molecular weight excluding hydrogens is 250 g/mol. The molecule has 2 N–H and O–H groups in total. The molecule has 0 spiro atoms. The molecule has 1 atom stereocenters. The van der Waals surface area contributed by atoms with Crippen LogP contribution in [-0.2, 0) is 6.42 Å². The van der Waals surface area contributed by atoms with Crippen molar-refractivity contribution >= 4 is 5.91 Å². The van der Waals surface area contributed by atoms with Crippen LogP contribution in [0.3, 0.4) is 0 Å². The number of piperidine rings is 1. The van der Waals surface area contributed by atoms with Crippen molar-refractivity contribution < 1.29 is 4.79 Å². The van der Waals surface area contributed by atoms with Crippen molar-refractivity contribution in [3.63, 3.8) is 0 Å². The van der Waals surface area contributed by atoms with Gasteiger partial charge in [0.05, 0.1) is 0 Å². The minimum absolute atomic E-state index is 0.149. The maximum Gasteiger partial charge on any atom is 0.253 e. The summed E-state index contributed by atoms with van der Waals surface area (Å²) in [5, 5.41) is 0. The van der Waals surface area contributed by atoms with E-state index in [1.165, 1.54) is 6.42 Å². The average Bonchev–Trinajstić information content (AvgIpc) is 2.47. The van der Waals surface area contributed by atoms with Crippen LogP contribution >= 0.6 is 0 Å². The summed E-state index contributed by atoms with van der Waals surface area (Å²) in [6.45, 7) is 2.31. The van der Waals surface area contributed by atoms with Gasteiger partial charge in [0.15, 0.2) is 0 Å². The smallest absolute Gasteiger partial charge is 0.253 e. The van der Waals surface area contributed by atoms with Gasteiger partial charge >= 0.3 is 0 Å². The number of benzene rings is 1. The molecule has 1 saturated heterocycles. The molecule has 0 radical (unpaired) electrons. The fourth-order valence-electron chi connectivity index (χ4n) is 2.77. The van der Waals surface area contributed by atoms with Crippen molar-refractivity contribution in [2.24, 2.45) is 5.73 Å². The van der Waals surface area contributed by atoms with E-state index in [0.29, 0.717) is 12.6 Å². The van der Waals surface area contributed by atoms with Crippen molar-refractivity contribution in [2.45, 2.75) is 25.3 Å². The monoisotopic (exact) mass is 275 g/mol. The maximum absolute atomic E-state index is 12.6. The molecule has 20 heavy (non-hydrogen) atoms. The summed E-state index contributed by atoms with van der Waals surface area (Å²) in [5.41, 5.74) is 7.51. The van der Waals surface area contributed by atoms with E-state index < -0.39 is 0 Å². The predicted octanol–water partition coefficient (Wildman–Crippen LogP) is 1.35. The summed E-state index contributed by atoms with van der Waals surface area (Å²) in [6, 6.07) is 8.34. The quantitative estimate of drug-likeness (QED) is 0.902. The minimum Gasteiger partial charge on any atom is -0.337 e. The Labute approximate surface area is 121 Å². The molecule has 1 aliphatic heterocycles. The van der Waals surface area contributed by atoms with Gasteiger partial charge in [-0.05, 0) is 57.6 Å². The molecule has 0 aromatic heterocycles. The summed E-state index contributed by atoms with van der Waals surface area (Å²) in [4.78, 5) is 16.8. The first-order valence-corrected chi connectivity index (χ1v) is 7.36. The number of hydrogen-bond donors (Lipinski definition) is 1. The number of likely N-dealkylation sites (tertiary alicyclic amines) is 1. The number of rotatable bonds is 4. The highest BCUT2D eigenvalue weighted by Gasteiger charge is 2.25. The number of hydrogen-bond acceptors (Lipinski definition) is 3. The van der Waals surface area contributed by atoms with Crippen molar-refractivity contribution in [1.82, 2.24) is 9.80 Å². The minimum atomic E-state index is 0.149. The first kappa shape index (κ1) is 15.0. The lowest BCUT2D eigenvalue weighted by molar-refractivity contribution is 0.0635. The molecule has 1 aromatic rings. The third-order valence-electron chi connectivity index (χ3n) is 4.02. The normalized spacial score (nSPS) is 19.4. The topological polar surface area (TPSA) is 49.6 Å². The molecular formula is C16H25N3O. The Morgan fingerprint density at radius 2 is 2.25 bits per heavy atom. The van der Waals surface area contributed by atoms with Crippen molar-refractivity contribution in [3.8, 4) is 0 Å². The van der Waals surface area contributed by atoms with Crippen LogP contribution in [-0.4, -0.2) is 55.5 Å². The van der Waals surface area contributed by atoms with Gasteiger partial charge in [-0.25, -0.2) is 0 Å². The van der Waals surface area contributed by atoms with E-state index >= 15 is 0 Å². The molecule has 1 aliphatic rings. The second-order valence-corrected chi connectivity index (χ2v) is 5.75. The Balaban J connectivity index is 2.08. The van der Waals surface area contributed by atoms with Crippen molar-refractivity contribution in [3.05, 3.63) is 35.4 Å². The Hall–Kier alpha value is -1.39. The van der Waals surface area contributed by atoms with Crippen LogP contribution in [0.25, 0.3) is 0 Å². The molecule has 1 amide bonds. The third-order valence-corrected chi connectivity index (χ3v) is 4.02. The van der Waals surface area contributed by atoms with E-state index in [1.54, 1.807) is 0 Å². The zero-order valence-electron chi connectivity index (χ0n) is 12.5. The van der Waals surface area contributed by atoms with Gasteiger partial charge in [-0.15, -0.1) is 0 Å². The lowest BCUT2D eigenvalue weighted by Crippen LogP contribution is -2.47. The molecule has 0 aliphatic carbocycles. The van der Waals surface area contributed by atoms with E-state index in [4.69, 9.17) is 5.73 Å². The summed E-state index contributed by atoms with van der Waals surface area (Å²) < 4.78 is 0. The van der Waals surface area contributed by atoms with Crippen LogP contribution < -0.4 is 5.73 Å². The number of carbonyl (C=O) groups excluding carboxylic acids is 1. The van der Waals surface area contributed by atoms with Gasteiger partial charge in [0, 0.05) is 24.7 Å². The molecule has 0 bridgehead atoms. The lowest BCUT2D eigenvalue weighted by atomic mass is 10.0. The first-order valence-electron chi connectivity index (χ1n) is 7.36. The fraction of sp³-hybridized carbons (Fsp3) is 0.562. The van der Waals surface area contributed by atoms with E-state index in [1.807, 2.05) is 29.2 Å². The molecule has 0 saturated carbocycles. The maximum atomic E-state index is 12.6. The van der Waals surface area contributed by atoms with Crippen LogP contribution in [0.15, 0.2) is 24.3 Å². The average molecular weight is 275 g/mol. The zero-order valence-corrected chi connectivity index (χ0v) is 12.5. The molecule has 1 heterocycles. The summed E-state index contributed by atoms with van der Waals surface area (Å²) in [5.74, 6) is 0.149. The van der Waals surface area contributed by atoms with E-state index in [2.05, 4.69) is 19.0 Å². The van der Waals surface area contributed by atoms with Gasteiger partial charge in [0.25, 0.3) is 5.91 Å². The number of carbonyl (C=O) groups is 1. The first-order chi connectivity index (χ1) is 9.61. The van der Waals surface area contributed by atoms with Crippen LogP contribution in [0, 0.1) is 0 Å². The van der Waals surface area contributed by atoms with Gasteiger partial charge in [-0.2, -0.15) is 0 Å². The van der Waals surface area contributed by atoms with E-state index in [-0.39, 0.29) is 5.91 Å². The zero-order chi connectivity index (χ0) is 14.5. The van der Waals surface area contributed by atoms with Crippen LogP contribution in [0.4, 0.5) is 0 Å². The molecule has 1 fully saturated rings. The number of likely N-dealkylation sites (N-methyl/N-ethyl adjacent to an activating group) is 1. The molecule has 4 heteroatoms. The van der Waals surface area contributed by atoms with Crippen LogP contribution in [0.2, 0.25) is 0 Å². The standard InChI is InChI=1S/C16H25N3O/c1-18(2)15-7-4-10-19(12-15)16(20)14-6-3-5-13(11-14)8-9-17/h3,5-6,11,15H,4,7-10,12,17H2,1-2H3. The second-order valence-electron chi connectivity index (χ2n) is 5.75. The summed E-state index contributed by atoms with van der Waals surface area (Å²) >= 11 is 0. The van der Waals surface area contributed by atoms with Gasteiger partial charge in [0.2, 0.25) is 0 Å². The SMILES string of the molecule is CN(C)C1CCCN(C(=O)c2cccc(CCN)c2)C1. The van der Waals surface area contributed by atoms with Crippen molar-refractivity contribution in [1.29, 1.82) is 0 Å². The number of nitrogens with two attached hydrogens (primary N) is 1. The van der Waals surface area contributed by atoms with Gasteiger partial charge in [-0.3, -0.25) is 4.79 Å². The highest BCUT2D eigenvalue weighted by molar-refractivity contribution is 5.94. The second kappa shape index (κ2) is 6.86. The van der Waals surface area contributed by atoms with E-state index in [0.717, 1.165) is 37.1 Å². The molecule has 2 rings (SSSR count). The third kappa shape index (κ3) is 3.58.